The van der Waals surface area contributed by atoms with Gasteiger partial charge in [-0.15, -0.1) is 0 Å². The van der Waals surface area contributed by atoms with Crippen LogP contribution in [-0.2, 0) is 0 Å². The van der Waals surface area contributed by atoms with E-state index in [1.165, 1.54) is 38.6 Å². The third kappa shape index (κ3) is 1.39. The second-order valence-electron chi connectivity index (χ2n) is 4.65. The van der Waals surface area contributed by atoms with Crippen LogP contribution in [0.2, 0.25) is 0 Å². The van der Waals surface area contributed by atoms with Crippen LogP contribution >= 0.6 is 0 Å². The Kier molecular flexibility index (Phi) is 2.40. The lowest BCUT2D eigenvalue weighted by atomic mass is 9.79. The maximum Gasteiger partial charge on any atom is 0.0101 e. The minimum atomic E-state index is 0.942. The molecule has 0 N–H and O–H groups in total. The monoisotopic (exact) mass is 167 g/mol. The molecule has 2 saturated heterocycles. The Morgan fingerprint density at radius 1 is 1.17 bits per heavy atom. The molecule has 0 amide bonds. The number of rotatable bonds is 1. The van der Waals surface area contributed by atoms with Gasteiger partial charge in [-0.05, 0) is 38.1 Å². The highest BCUT2D eigenvalue weighted by Crippen LogP contribution is 2.36. The van der Waals surface area contributed by atoms with Crippen LogP contribution in [0, 0.1) is 5.92 Å². The molecule has 2 fully saturated rings. The quantitative estimate of drug-likeness (QED) is 0.580. The maximum atomic E-state index is 2.75. The van der Waals surface area contributed by atoms with E-state index in [0.29, 0.717) is 0 Å². The Morgan fingerprint density at radius 2 is 1.75 bits per heavy atom. The van der Waals surface area contributed by atoms with Crippen LogP contribution in [0.5, 0.6) is 0 Å². The molecule has 2 rings (SSSR count). The van der Waals surface area contributed by atoms with Crippen molar-refractivity contribution in [3.63, 3.8) is 0 Å². The molecule has 12 heavy (non-hydrogen) atoms. The van der Waals surface area contributed by atoms with Gasteiger partial charge >= 0.3 is 0 Å². The molecule has 2 aliphatic heterocycles. The van der Waals surface area contributed by atoms with Crippen molar-refractivity contribution in [1.29, 1.82) is 0 Å². The van der Waals surface area contributed by atoms with E-state index < -0.39 is 0 Å². The van der Waals surface area contributed by atoms with Crippen molar-refractivity contribution in [3.05, 3.63) is 0 Å². The second-order valence-corrected chi connectivity index (χ2v) is 4.65. The van der Waals surface area contributed by atoms with E-state index in [2.05, 4.69) is 18.7 Å². The van der Waals surface area contributed by atoms with Crippen LogP contribution in [0.1, 0.15) is 46.0 Å². The summed E-state index contributed by atoms with van der Waals surface area (Å²) in [6.07, 6.45) is 7.34. The molecule has 0 saturated carbocycles. The van der Waals surface area contributed by atoms with Crippen molar-refractivity contribution < 1.29 is 0 Å². The van der Waals surface area contributed by atoms with Gasteiger partial charge in [-0.2, -0.15) is 0 Å². The Morgan fingerprint density at radius 3 is 2.25 bits per heavy atom. The van der Waals surface area contributed by atoms with Gasteiger partial charge in [-0.25, -0.2) is 0 Å². The van der Waals surface area contributed by atoms with Crippen molar-refractivity contribution in [2.24, 2.45) is 5.92 Å². The molecular formula is C11H21N. The smallest absolute Gasteiger partial charge is 0.0101 e. The molecule has 0 aliphatic carbocycles. The van der Waals surface area contributed by atoms with Crippen LogP contribution in [0.4, 0.5) is 0 Å². The predicted octanol–water partition coefficient (Wildman–Crippen LogP) is 2.66. The van der Waals surface area contributed by atoms with E-state index in [9.17, 15) is 0 Å². The molecule has 70 valence electrons. The lowest BCUT2D eigenvalue weighted by Crippen LogP contribution is -2.51. The summed E-state index contributed by atoms with van der Waals surface area (Å²) in [5.41, 5.74) is 0. The molecule has 2 bridgehead atoms. The molecule has 2 atom stereocenters. The standard InChI is InChI=1S/C11H21N/c1-3-12-10-5-4-6-11(12)8-9(2)7-10/h9-11H,3-8H2,1-2H3. The zero-order valence-electron chi connectivity index (χ0n) is 8.42. The third-order valence-electron chi connectivity index (χ3n) is 3.73. The Hall–Kier alpha value is -0.0400. The van der Waals surface area contributed by atoms with Crippen LogP contribution in [-0.4, -0.2) is 23.5 Å². The van der Waals surface area contributed by atoms with Crippen molar-refractivity contribution in [3.8, 4) is 0 Å². The van der Waals surface area contributed by atoms with Crippen molar-refractivity contribution >= 4 is 0 Å². The fourth-order valence-corrected chi connectivity index (χ4v) is 3.27. The zero-order chi connectivity index (χ0) is 8.55. The average molecular weight is 167 g/mol. The van der Waals surface area contributed by atoms with Crippen LogP contribution in [0.25, 0.3) is 0 Å². The molecule has 2 unspecified atom stereocenters. The van der Waals surface area contributed by atoms with Gasteiger partial charge in [0.1, 0.15) is 0 Å². The fourth-order valence-electron chi connectivity index (χ4n) is 3.27. The number of hydrogen-bond donors (Lipinski definition) is 0. The number of fused-ring (bicyclic) bond motifs is 2. The van der Waals surface area contributed by atoms with Gasteiger partial charge in [0.25, 0.3) is 0 Å². The highest BCUT2D eigenvalue weighted by molar-refractivity contribution is 4.90. The maximum absolute atomic E-state index is 2.75. The summed E-state index contributed by atoms with van der Waals surface area (Å²) < 4.78 is 0. The van der Waals surface area contributed by atoms with E-state index in [0.717, 1.165) is 18.0 Å². The molecule has 2 heterocycles. The van der Waals surface area contributed by atoms with Crippen molar-refractivity contribution in [2.75, 3.05) is 6.54 Å². The highest BCUT2D eigenvalue weighted by Gasteiger charge is 2.35. The second kappa shape index (κ2) is 3.37. The van der Waals surface area contributed by atoms with E-state index in [1.807, 2.05) is 0 Å². The molecule has 0 radical (unpaired) electrons. The predicted molar refractivity (Wildman–Crippen MR) is 52.2 cm³/mol. The summed E-state index contributed by atoms with van der Waals surface area (Å²) in [7, 11) is 0. The van der Waals surface area contributed by atoms with Crippen LogP contribution in [0.3, 0.4) is 0 Å². The molecule has 0 spiro atoms. The van der Waals surface area contributed by atoms with E-state index in [1.54, 1.807) is 0 Å². The van der Waals surface area contributed by atoms with Gasteiger partial charge in [0.2, 0.25) is 0 Å². The van der Waals surface area contributed by atoms with E-state index >= 15 is 0 Å². The van der Waals surface area contributed by atoms with Gasteiger partial charge in [-0.1, -0.05) is 20.3 Å². The molecule has 0 aromatic heterocycles. The third-order valence-corrected chi connectivity index (χ3v) is 3.73. The minimum Gasteiger partial charge on any atom is -0.298 e. The fraction of sp³-hybridized carbons (Fsp3) is 1.00. The normalized spacial score (nSPS) is 43.0. The van der Waals surface area contributed by atoms with Gasteiger partial charge in [-0.3, -0.25) is 4.90 Å². The topological polar surface area (TPSA) is 3.24 Å². The minimum absolute atomic E-state index is 0.942. The first-order valence-electron chi connectivity index (χ1n) is 5.57. The Bertz CT molecular complexity index is 141. The summed E-state index contributed by atoms with van der Waals surface area (Å²) in [6, 6.07) is 1.88. The summed E-state index contributed by atoms with van der Waals surface area (Å²) in [5.74, 6) is 0.989. The average Bonchev–Trinajstić information content (AvgIpc) is 2.02. The first kappa shape index (κ1) is 8.55. The summed E-state index contributed by atoms with van der Waals surface area (Å²) >= 11 is 0. The van der Waals surface area contributed by atoms with E-state index in [-0.39, 0.29) is 0 Å². The largest absolute Gasteiger partial charge is 0.298 e. The molecule has 1 heteroatoms. The van der Waals surface area contributed by atoms with Crippen LogP contribution < -0.4 is 0 Å². The first-order chi connectivity index (χ1) is 5.81. The molecule has 0 aromatic carbocycles. The SMILES string of the molecule is CCN1C2CCCC1CC(C)C2. The highest BCUT2D eigenvalue weighted by atomic mass is 15.2. The summed E-state index contributed by atoms with van der Waals surface area (Å²) in [5, 5.41) is 0. The first-order valence-corrected chi connectivity index (χ1v) is 5.57. The molecule has 2 aliphatic rings. The van der Waals surface area contributed by atoms with E-state index in [4.69, 9.17) is 0 Å². The van der Waals surface area contributed by atoms with Gasteiger partial charge in [0.05, 0.1) is 0 Å². The van der Waals surface area contributed by atoms with Crippen molar-refractivity contribution in [1.82, 2.24) is 4.90 Å². The van der Waals surface area contributed by atoms with Gasteiger partial charge in [0, 0.05) is 12.1 Å². The number of nitrogens with zero attached hydrogens (tertiary/aromatic N) is 1. The summed E-state index contributed by atoms with van der Waals surface area (Å²) in [4.78, 5) is 2.75. The lowest BCUT2D eigenvalue weighted by molar-refractivity contribution is 0.0226. The summed E-state index contributed by atoms with van der Waals surface area (Å²) in [6.45, 7) is 6.03. The van der Waals surface area contributed by atoms with Crippen molar-refractivity contribution in [2.45, 2.75) is 58.0 Å². The molecular weight excluding hydrogens is 146 g/mol. The van der Waals surface area contributed by atoms with Gasteiger partial charge in [0.15, 0.2) is 0 Å². The van der Waals surface area contributed by atoms with Gasteiger partial charge < -0.3 is 0 Å². The zero-order valence-corrected chi connectivity index (χ0v) is 8.42. The Balaban J connectivity index is 2.06. The Labute approximate surface area is 76.1 Å². The van der Waals surface area contributed by atoms with Crippen LogP contribution in [0.15, 0.2) is 0 Å². The number of hydrogen-bond acceptors (Lipinski definition) is 1. The lowest BCUT2D eigenvalue weighted by Gasteiger charge is -2.48. The molecule has 1 nitrogen and oxygen atoms in total. The molecule has 0 aromatic rings. The number of piperidine rings is 2.